The lowest BCUT2D eigenvalue weighted by molar-refractivity contribution is -0.142. The molecule has 0 heterocycles. The predicted octanol–water partition coefficient (Wildman–Crippen LogP) is 2.38. The highest BCUT2D eigenvalue weighted by Gasteiger charge is 2.48. The standard InChI is InChI=1S/C11H18O2/c1-13-11(12)10-7-9(10)8-5-3-2-4-6-8/h8-10H,2-7H2,1H3/t9-,10+/m0/s1. The van der Waals surface area contributed by atoms with Gasteiger partial charge >= 0.3 is 5.97 Å². The van der Waals surface area contributed by atoms with Gasteiger partial charge in [-0.15, -0.1) is 0 Å². The predicted molar refractivity (Wildman–Crippen MR) is 50.2 cm³/mol. The van der Waals surface area contributed by atoms with Crippen LogP contribution in [-0.4, -0.2) is 13.1 Å². The maximum atomic E-state index is 11.2. The van der Waals surface area contributed by atoms with Crippen molar-refractivity contribution >= 4 is 5.97 Å². The molecule has 0 aromatic rings. The summed E-state index contributed by atoms with van der Waals surface area (Å²) in [6.07, 6.45) is 7.92. The molecule has 0 aromatic carbocycles. The first-order valence-electron chi connectivity index (χ1n) is 5.40. The van der Waals surface area contributed by atoms with Gasteiger partial charge in [0, 0.05) is 0 Å². The van der Waals surface area contributed by atoms with Crippen LogP contribution in [0.2, 0.25) is 0 Å². The number of rotatable bonds is 2. The molecule has 2 rings (SSSR count). The Morgan fingerprint density at radius 3 is 2.54 bits per heavy atom. The second-order valence-electron chi connectivity index (χ2n) is 4.43. The zero-order chi connectivity index (χ0) is 9.26. The van der Waals surface area contributed by atoms with Crippen molar-refractivity contribution in [3.8, 4) is 0 Å². The van der Waals surface area contributed by atoms with Gasteiger partial charge in [0.15, 0.2) is 0 Å². The van der Waals surface area contributed by atoms with E-state index in [9.17, 15) is 4.79 Å². The van der Waals surface area contributed by atoms with E-state index in [0.717, 1.165) is 12.3 Å². The van der Waals surface area contributed by atoms with Gasteiger partial charge in [-0.25, -0.2) is 0 Å². The minimum Gasteiger partial charge on any atom is -0.469 e. The Labute approximate surface area is 79.7 Å². The van der Waals surface area contributed by atoms with E-state index < -0.39 is 0 Å². The summed E-state index contributed by atoms with van der Waals surface area (Å²) in [4.78, 5) is 11.2. The number of ether oxygens (including phenoxy) is 1. The van der Waals surface area contributed by atoms with E-state index >= 15 is 0 Å². The van der Waals surface area contributed by atoms with Crippen LogP contribution in [0.4, 0.5) is 0 Å². The van der Waals surface area contributed by atoms with E-state index in [1.807, 2.05) is 0 Å². The van der Waals surface area contributed by atoms with E-state index in [-0.39, 0.29) is 11.9 Å². The molecule has 74 valence electrons. The highest BCUT2D eigenvalue weighted by atomic mass is 16.5. The van der Waals surface area contributed by atoms with Crippen LogP contribution in [-0.2, 0) is 9.53 Å². The molecule has 2 saturated carbocycles. The Morgan fingerprint density at radius 1 is 1.23 bits per heavy atom. The molecule has 0 N–H and O–H groups in total. The molecule has 2 fully saturated rings. The van der Waals surface area contributed by atoms with Crippen LogP contribution in [0.5, 0.6) is 0 Å². The first-order chi connectivity index (χ1) is 6.33. The number of carbonyl (C=O) groups is 1. The third-order valence-corrected chi connectivity index (χ3v) is 3.60. The number of methoxy groups -OCH3 is 1. The van der Waals surface area contributed by atoms with Gasteiger partial charge in [-0.1, -0.05) is 32.1 Å². The fourth-order valence-electron chi connectivity index (χ4n) is 2.72. The summed E-state index contributed by atoms with van der Waals surface area (Å²) >= 11 is 0. The molecule has 2 atom stereocenters. The Morgan fingerprint density at radius 2 is 1.92 bits per heavy atom. The summed E-state index contributed by atoms with van der Waals surface area (Å²) in [7, 11) is 1.50. The van der Waals surface area contributed by atoms with Crippen LogP contribution in [0, 0.1) is 17.8 Å². The lowest BCUT2D eigenvalue weighted by atomic mass is 9.85. The molecule has 0 aromatic heterocycles. The van der Waals surface area contributed by atoms with E-state index in [1.165, 1.54) is 39.2 Å². The van der Waals surface area contributed by atoms with Crippen molar-refractivity contribution in [1.82, 2.24) is 0 Å². The van der Waals surface area contributed by atoms with Crippen LogP contribution >= 0.6 is 0 Å². The topological polar surface area (TPSA) is 26.3 Å². The molecule has 2 nitrogen and oxygen atoms in total. The van der Waals surface area contributed by atoms with Gasteiger partial charge in [0.1, 0.15) is 0 Å². The summed E-state index contributed by atoms with van der Waals surface area (Å²) in [6.45, 7) is 0. The first kappa shape index (κ1) is 9.04. The van der Waals surface area contributed by atoms with Gasteiger partial charge in [0.05, 0.1) is 13.0 Å². The third kappa shape index (κ3) is 1.87. The minimum absolute atomic E-state index is 0.0237. The average Bonchev–Trinajstić information content (AvgIpc) is 2.98. The summed E-state index contributed by atoms with van der Waals surface area (Å²) in [6, 6.07) is 0. The molecule has 2 heteroatoms. The lowest BCUT2D eigenvalue weighted by Crippen LogP contribution is -2.13. The SMILES string of the molecule is COC(=O)[C@@H]1C[C@H]1C1CCCCC1. The molecule has 0 saturated heterocycles. The Balaban J connectivity index is 1.81. The van der Waals surface area contributed by atoms with Gasteiger partial charge in [0.25, 0.3) is 0 Å². The summed E-state index contributed by atoms with van der Waals surface area (Å²) in [5.41, 5.74) is 0. The molecule has 0 amide bonds. The Kier molecular flexibility index (Phi) is 2.56. The number of esters is 1. The van der Waals surface area contributed by atoms with Crippen molar-refractivity contribution < 1.29 is 9.53 Å². The summed E-state index contributed by atoms with van der Waals surface area (Å²) < 4.78 is 4.76. The van der Waals surface area contributed by atoms with Gasteiger partial charge in [-0.2, -0.15) is 0 Å². The highest BCUT2D eigenvalue weighted by molar-refractivity contribution is 5.75. The van der Waals surface area contributed by atoms with Crippen molar-refractivity contribution in [1.29, 1.82) is 0 Å². The zero-order valence-corrected chi connectivity index (χ0v) is 8.29. The average molecular weight is 182 g/mol. The zero-order valence-electron chi connectivity index (χ0n) is 8.29. The molecule has 0 radical (unpaired) electrons. The van der Waals surface area contributed by atoms with Crippen LogP contribution in [0.1, 0.15) is 38.5 Å². The van der Waals surface area contributed by atoms with E-state index in [1.54, 1.807) is 0 Å². The smallest absolute Gasteiger partial charge is 0.308 e. The minimum atomic E-state index is 0.0237. The maximum Gasteiger partial charge on any atom is 0.308 e. The van der Waals surface area contributed by atoms with Crippen molar-refractivity contribution in [3.05, 3.63) is 0 Å². The maximum absolute atomic E-state index is 11.2. The van der Waals surface area contributed by atoms with E-state index in [2.05, 4.69) is 0 Å². The second-order valence-corrected chi connectivity index (χ2v) is 4.43. The summed E-state index contributed by atoms with van der Waals surface area (Å²) in [5, 5.41) is 0. The molecule has 2 aliphatic carbocycles. The molecular formula is C11H18O2. The number of hydrogen-bond donors (Lipinski definition) is 0. The molecule has 0 spiro atoms. The van der Waals surface area contributed by atoms with E-state index in [0.29, 0.717) is 5.92 Å². The summed E-state index contributed by atoms with van der Waals surface area (Å²) in [5.74, 6) is 1.79. The van der Waals surface area contributed by atoms with Gasteiger partial charge in [0.2, 0.25) is 0 Å². The van der Waals surface area contributed by atoms with Gasteiger partial charge in [-0.05, 0) is 18.3 Å². The molecule has 2 aliphatic rings. The monoisotopic (exact) mass is 182 g/mol. The van der Waals surface area contributed by atoms with Crippen LogP contribution < -0.4 is 0 Å². The Bertz CT molecular complexity index is 194. The Hall–Kier alpha value is -0.530. The van der Waals surface area contributed by atoms with Crippen molar-refractivity contribution in [2.45, 2.75) is 38.5 Å². The second kappa shape index (κ2) is 3.69. The molecule has 13 heavy (non-hydrogen) atoms. The largest absolute Gasteiger partial charge is 0.469 e. The first-order valence-corrected chi connectivity index (χ1v) is 5.40. The van der Waals surface area contributed by atoms with Crippen molar-refractivity contribution in [3.63, 3.8) is 0 Å². The highest BCUT2D eigenvalue weighted by Crippen LogP contribution is 2.49. The van der Waals surface area contributed by atoms with Crippen molar-refractivity contribution in [2.75, 3.05) is 7.11 Å². The molecule has 0 unspecified atom stereocenters. The number of carbonyl (C=O) groups excluding carboxylic acids is 1. The van der Waals surface area contributed by atoms with Crippen molar-refractivity contribution in [2.24, 2.45) is 17.8 Å². The van der Waals surface area contributed by atoms with Crippen LogP contribution in [0.25, 0.3) is 0 Å². The number of hydrogen-bond acceptors (Lipinski definition) is 2. The fourth-order valence-corrected chi connectivity index (χ4v) is 2.72. The third-order valence-electron chi connectivity index (χ3n) is 3.60. The van der Waals surface area contributed by atoms with Crippen LogP contribution in [0.3, 0.4) is 0 Å². The molecule has 0 bridgehead atoms. The van der Waals surface area contributed by atoms with Gasteiger partial charge in [-0.3, -0.25) is 4.79 Å². The quantitative estimate of drug-likeness (QED) is 0.613. The molecule has 0 aliphatic heterocycles. The van der Waals surface area contributed by atoms with Crippen LogP contribution in [0.15, 0.2) is 0 Å². The normalized spacial score (nSPS) is 34.2. The fraction of sp³-hybridized carbons (Fsp3) is 0.909. The van der Waals surface area contributed by atoms with Gasteiger partial charge < -0.3 is 4.74 Å². The van der Waals surface area contributed by atoms with E-state index in [4.69, 9.17) is 4.74 Å². The lowest BCUT2D eigenvalue weighted by Gasteiger charge is -2.21. The molecular weight excluding hydrogens is 164 g/mol.